The Morgan fingerprint density at radius 3 is 2.12 bits per heavy atom. The quantitative estimate of drug-likeness (QED) is 0.282. The molecule has 0 bridgehead atoms. The molecule has 4 heteroatoms. The second-order valence-electron chi connectivity index (χ2n) is 4.09. The van der Waals surface area contributed by atoms with Crippen LogP contribution in [-0.4, -0.2) is 38.8 Å². The fourth-order valence-corrected chi connectivity index (χ4v) is 1.84. The molecule has 0 aliphatic heterocycles. The fraction of sp³-hybridized carbons (Fsp3) is 0.917. The van der Waals surface area contributed by atoms with Crippen molar-refractivity contribution >= 4 is 41.6 Å². The molecule has 1 unspecified atom stereocenters. The van der Waals surface area contributed by atoms with Gasteiger partial charge in [0.1, 0.15) is 0 Å². The van der Waals surface area contributed by atoms with Gasteiger partial charge in [0.05, 0.1) is 0 Å². The molecule has 1 atom stereocenters. The van der Waals surface area contributed by atoms with Crippen LogP contribution in [0.25, 0.3) is 0 Å². The van der Waals surface area contributed by atoms with E-state index in [2.05, 4.69) is 19.6 Å². The molecule has 0 saturated carbocycles. The Bertz CT molecular complexity index is 174. The summed E-state index contributed by atoms with van der Waals surface area (Å²) in [6.07, 6.45) is 10.2. The van der Waals surface area contributed by atoms with Crippen LogP contribution in [0.3, 0.4) is 0 Å². The first-order chi connectivity index (χ1) is 7.68. The summed E-state index contributed by atoms with van der Waals surface area (Å²) < 4.78 is 4.90. The van der Waals surface area contributed by atoms with Crippen LogP contribution in [0.1, 0.15) is 58.3 Å². The van der Waals surface area contributed by atoms with Crippen LogP contribution in [0.15, 0.2) is 0 Å². The molecule has 0 aliphatic carbocycles. The van der Waals surface area contributed by atoms with Crippen molar-refractivity contribution in [2.75, 3.05) is 6.61 Å². The zero-order valence-electron chi connectivity index (χ0n) is 10.3. The topological polar surface area (TPSA) is 26.3 Å². The van der Waals surface area contributed by atoms with Gasteiger partial charge in [0.2, 0.25) is 0 Å². The number of thiol groups is 1. The summed E-state index contributed by atoms with van der Waals surface area (Å²) in [6.45, 7) is 2.81. The van der Waals surface area contributed by atoms with Crippen LogP contribution in [0, 0.1) is 0 Å². The number of esters is 1. The molecule has 0 radical (unpaired) electrons. The van der Waals surface area contributed by atoms with E-state index >= 15 is 0 Å². The maximum absolute atomic E-state index is 11.1. The van der Waals surface area contributed by atoms with Crippen LogP contribution >= 0.6 is 12.6 Å². The number of unbranched alkanes of at least 4 members (excludes halogenated alkanes) is 7. The number of carbonyl (C=O) groups is 1. The van der Waals surface area contributed by atoms with E-state index in [0.717, 1.165) is 29.4 Å². The number of rotatable bonds is 10. The molecule has 16 heavy (non-hydrogen) atoms. The van der Waals surface area contributed by atoms with Crippen molar-refractivity contribution in [1.29, 1.82) is 0 Å². The zero-order valence-corrected chi connectivity index (χ0v) is 14.5. The Morgan fingerprint density at radius 1 is 1.12 bits per heavy atom. The molecular formula is C12H25O2SSb. The summed E-state index contributed by atoms with van der Waals surface area (Å²) in [5, 5.41) is 0. The summed E-state index contributed by atoms with van der Waals surface area (Å²) in [4.78, 5) is 11.1. The minimum absolute atomic E-state index is 0.145. The predicted molar refractivity (Wildman–Crippen MR) is 74.9 cm³/mol. The van der Waals surface area contributed by atoms with Crippen molar-refractivity contribution in [3.05, 3.63) is 0 Å². The SMILES string of the molecule is CCCCCCCCCCOC(=O)[CH](S)[SbH2]. The van der Waals surface area contributed by atoms with Gasteiger partial charge in [-0.1, -0.05) is 6.92 Å². The van der Waals surface area contributed by atoms with Gasteiger partial charge in [-0.15, -0.1) is 0 Å². The summed E-state index contributed by atoms with van der Waals surface area (Å²) in [7, 11) is 0. The molecule has 0 saturated heterocycles. The predicted octanol–water partition coefficient (Wildman–Crippen LogP) is 2.56. The van der Waals surface area contributed by atoms with E-state index in [1.165, 1.54) is 44.9 Å². The molecule has 0 N–H and O–H groups in total. The molecular weight excluding hydrogens is 330 g/mol. The first-order valence-electron chi connectivity index (χ1n) is 6.28. The van der Waals surface area contributed by atoms with E-state index in [0.29, 0.717) is 6.61 Å². The van der Waals surface area contributed by atoms with E-state index in [9.17, 15) is 4.79 Å². The van der Waals surface area contributed by atoms with Crippen LogP contribution in [0.5, 0.6) is 0 Å². The zero-order chi connectivity index (χ0) is 12.2. The average Bonchev–Trinajstić information content (AvgIpc) is 2.26. The van der Waals surface area contributed by atoms with Crippen LogP contribution in [-0.2, 0) is 9.53 Å². The van der Waals surface area contributed by atoms with E-state index < -0.39 is 0 Å². The molecule has 2 nitrogen and oxygen atoms in total. The third-order valence-electron chi connectivity index (χ3n) is 2.48. The molecule has 0 amide bonds. The van der Waals surface area contributed by atoms with Gasteiger partial charge in [-0.3, -0.25) is 0 Å². The molecule has 96 valence electrons. The first kappa shape index (κ1) is 16.6. The van der Waals surface area contributed by atoms with Gasteiger partial charge < -0.3 is 0 Å². The molecule has 0 aromatic carbocycles. The Hall–Kier alpha value is 0.638. The first-order valence-corrected chi connectivity index (χ1v) is 8.70. The number of hydrogen-bond donors (Lipinski definition) is 1. The standard InChI is InChI=1S/C12H23O2S.Sb.2H/c1-2-3-4-5-6-7-8-9-10-14-12(13)11-15;;;/h11,15H,2-10H2,1H3;;;. The Morgan fingerprint density at radius 2 is 1.62 bits per heavy atom. The minimum atomic E-state index is -0.167. The van der Waals surface area contributed by atoms with Crippen LogP contribution in [0.2, 0.25) is 0 Å². The third-order valence-corrected chi connectivity index (χ3v) is 3.47. The van der Waals surface area contributed by atoms with E-state index in [-0.39, 0.29) is 9.17 Å². The van der Waals surface area contributed by atoms with Crippen LogP contribution < -0.4 is 0 Å². The van der Waals surface area contributed by atoms with Gasteiger partial charge in [-0.25, -0.2) is 0 Å². The van der Waals surface area contributed by atoms with Crippen molar-refractivity contribution in [2.45, 2.75) is 61.5 Å². The number of carbonyl (C=O) groups excluding carboxylic acids is 1. The van der Waals surface area contributed by atoms with E-state index in [1.54, 1.807) is 0 Å². The number of ether oxygens (including phenoxy) is 1. The Labute approximate surface area is 119 Å². The molecule has 0 aromatic heterocycles. The molecule has 0 fully saturated rings. The Kier molecular flexibility index (Phi) is 12.6. The van der Waals surface area contributed by atoms with Gasteiger partial charge in [0.25, 0.3) is 0 Å². The van der Waals surface area contributed by atoms with Gasteiger partial charge in [-0.2, -0.15) is 0 Å². The van der Waals surface area contributed by atoms with Crippen molar-refractivity contribution in [1.82, 2.24) is 0 Å². The van der Waals surface area contributed by atoms with E-state index in [1.807, 2.05) is 0 Å². The molecule has 0 aliphatic rings. The molecule has 0 spiro atoms. The summed E-state index contributed by atoms with van der Waals surface area (Å²) in [5.74, 6) is -0.145. The van der Waals surface area contributed by atoms with Gasteiger partial charge in [0, 0.05) is 0 Å². The van der Waals surface area contributed by atoms with Crippen molar-refractivity contribution < 1.29 is 9.53 Å². The van der Waals surface area contributed by atoms with Crippen LogP contribution in [0.4, 0.5) is 0 Å². The van der Waals surface area contributed by atoms with Crippen molar-refractivity contribution in [3.63, 3.8) is 0 Å². The monoisotopic (exact) mass is 354 g/mol. The third kappa shape index (κ3) is 11.1. The molecule has 0 heterocycles. The summed E-state index contributed by atoms with van der Waals surface area (Å²) in [6, 6.07) is 0. The van der Waals surface area contributed by atoms with Gasteiger partial charge in [-0.05, 0) is 0 Å². The average molecular weight is 355 g/mol. The normalized spacial score (nSPS) is 12.4. The second-order valence-corrected chi connectivity index (χ2v) is 8.15. The molecule has 0 rings (SSSR count). The maximum atomic E-state index is 11.1. The van der Waals surface area contributed by atoms with Crippen molar-refractivity contribution in [2.24, 2.45) is 0 Å². The van der Waals surface area contributed by atoms with Crippen molar-refractivity contribution in [3.8, 4) is 0 Å². The second kappa shape index (κ2) is 12.1. The Balaban J connectivity index is 3.07. The van der Waals surface area contributed by atoms with Gasteiger partial charge >= 0.3 is 112 Å². The van der Waals surface area contributed by atoms with Gasteiger partial charge in [0.15, 0.2) is 0 Å². The molecule has 0 aromatic rings. The number of hydrogen-bond acceptors (Lipinski definition) is 3. The van der Waals surface area contributed by atoms with E-state index in [4.69, 9.17) is 4.74 Å². The summed E-state index contributed by atoms with van der Waals surface area (Å²) in [5.41, 5.74) is 0. The summed E-state index contributed by atoms with van der Waals surface area (Å²) >= 11 is 4.89. The fourth-order valence-electron chi connectivity index (χ4n) is 1.49.